The van der Waals surface area contributed by atoms with E-state index >= 15 is 0 Å². The summed E-state index contributed by atoms with van der Waals surface area (Å²) in [6, 6.07) is 8.03. The molecule has 2 saturated carbocycles. The maximum Gasteiger partial charge on any atom is 0.171 e. The summed E-state index contributed by atoms with van der Waals surface area (Å²) in [4.78, 5) is 2.05. The van der Waals surface area contributed by atoms with E-state index in [9.17, 15) is 5.11 Å². The number of nitrogens with one attached hydrogen (secondary N) is 1. The number of fused-ring (bicyclic) bond motifs is 2. The van der Waals surface area contributed by atoms with E-state index < -0.39 is 5.72 Å². The highest BCUT2D eigenvalue weighted by atomic mass is 32.1. The second-order valence-electron chi connectivity index (χ2n) is 8.22. The van der Waals surface area contributed by atoms with Crippen LogP contribution in [0.4, 0.5) is 0 Å². The SMILES string of the molecule is COc1ccccc1CN1C(=S)NC2(CCCCC2)C2CCCCC21O. The first-order chi connectivity index (χ1) is 12.6. The Labute approximate surface area is 161 Å². The minimum absolute atomic E-state index is 0.0121. The second-order valence-corrected chi connectivity index (χ2v) is 8.61. The van der Waals surface area contributed by atoms with Crippen molar-refractivity contribution in [2.24, 2.45) is 5.92 Å². The topological polar surface area (TPSA) is 44.7 Å². The van der Waals surface area contributed by atoms with Gasteiger partial charge in [0.15, 0.2) is 5.11 Å². The molecule has 0 radical (unpaired) electrons. The molecule has 0 bridgehead atoms. The van der Waals surface area contributed by atoms with Crippen molar-refractivity contribution < 1.29 is 9.84 Å². The summed E-state index contributed by atoms with van der Waals surface area (Å²) >= 11 is 5.81. The van der Waals surface area contributed by atoms with Crippen molar-refractivity contribution in [1.29, 1.82) is 0 Å². The summed E-state index contributed by atoms with van der Waals surface area (Å²) in [5.41, 5.74) is 0.206. The number of hydrogen-bond acceptors (Lipinski definition) is 3. The highest BCUT2D eigenvalue weighted by Crippen LogP contribution is 2.51. The van der Waals surface area contributed by atoms with Gasteiger partial charge in [-0.05, 0) is 50.4 Å². The molecular weight excluding hydrogens is 344 g/mol. The fourth-order valence-corrected chi connectivity index (χ4v) is 6.02. The zero-order chi connectivity index (χ0) is 18.2. The lowest BCUT2D eigenvalue weighted by molar-refractivity contribution is -0.184. The Bertz CT molecular complexity index is 674. The van der Waals surface area contributed by atoms with E-state index in [2.05, 4.69) is 11.4 Å². The Kier molecular flexibility index (Phi) is 4.86. The van der Waals surface area contributed by atoms with Crippen LogP contribution in [0.5, 0.6) is 5.75 Å². The molecule has 1 heterocycles. The molecule has 4 nitrogen and oxygen atoms in total. The van der Waals surface area contributed by atoms with Gasteiger partial charge in [-0.2, -0.15) is 0 Å². The number of thiocarbonyl (C=S) groups is 1. The van der Waals surface area contributed by atoms with Gasteiger partial charge in [-0.15, -0.1) is 0 Å². The molecule has 5 heteroatoms. The lowest BCUT2D eigenvalue weighted by atomic mass is 9.62. The molecule has 1 saturated heterocycles. The third-order valence-corrected chi connectivity index (χ3v) is 7.17. The molecule has 0 amide bonds. The first-order valence-electron chi connectivity index (χ1n) is 10.0. The molecule has 1 aromatic carbocycles. The van der Waals surface area contributed by atoms with E-state index in [-0.39, 0.29) is 11.5 Å². The first kappa shape index (κ1) is 18.1. The van der Waals surface area contributed by atoms with Gasteiger partial charge in [0.05, 0.1) is 13.7 Å². The Morgan fingerprint density at radius 3 is 2.65 bits per heavy atom. The summed E-state index contributed by atoms with van der Waals surface area (Å²) in [5, 5.41) is 16.3. The molecule has 1 spiro atoms. The van der Waals surface area contributed by atoms with Crippen molar-refractivity contribution in [1.82, 2.24) is 10.2 Å². The Hall–Kier alpha value is -1.33. The van der Waals surface area contributed by atoms with Gasteiger partial charge in [0.2, 0.25) is 0 Å². The number of aliphatic hydroxyl groups is 1. The average molecular weight is 375 g/mol. The quantitative estimate of drug-likeness (QED) is 0.784. The van der Waals surface area contributed by atoms with Gasteiger partial charge in [0.25, 0.3) is 0 Å². The van der Waals surface area contributed by atoms with Crippen LogP contribution in [0.2, 0.25) is 0 Å². The fraction of sp³-hybridized carbons (Fsp3) is 0.667. The first-order valence-corrected chi connectivity index (χ1v) is 10.4. The molecule has 2 aliphatic carbocycles. The van der Waals surface area contributed by atoms with Crippen LogP contribution in [0, 0.1) is 5.92 Å². The van der Waals surface area contributed by atoms with Gasteiger partial charge < -0.3 is 20.1 Å². The number of para-hydroxylation sites is 1. The fourth-order valence-electron chi connectivity index (χ4n) is 5.59. The molecule has 2 N–H and O–H groups in total. The van der Waals surface area contributed by atoms with Gasteiger partial charge in [0, 0.05) is 17.0 Å². The minimum Gasteiger partial charge on any atom is -0.496 e. The monoisotopic (exact) mass is 374 g/mol. The van der Waals surface area contributed by atoms with E-state index in [1.807, 2.05) is 23.1 Å². The van der Waals surface area contributed by atoms with E-state index in [0.29, 0.717) is 11.7 Å². The summed E-state index contributed by atoms with van der Waals surface area (Å²) in [7, 11) is 1.70. The second kappa shape index (κ2) is 7.01. The highest BCUT2D eigenvalue weighted by molar-refractivity contribution is 7.80. The number of rotatable bonds is 3. The standard InChI is InChI=1S/C21H30N2O2S/c1-25-17-10-4-3-9-16(17)15-23-19(26)22-20(12-6-2-7-13-20)18-11-5-8-14-21(18,23)24/h3-4,9-10,18,24H,2,5-8,11-15H2,1H3,(H,22,26). The highest BCUT2D eigenvalue weighted by Gasteiger charge is 2.58. The molecule has 3 fully saturated rings. The van der Waals surface area contributed by atoms with Crippen LogP contribution in [-0.4, -0.2) is 33.5 Å². The smallest absolute Gasteiger partial charge is 0.171 e. The zero-order valence-corrected chi connectivity index (χ0v) is 16.5. The van der Waals surface area contributed by atoms with Gasteiger partial charge in [-0.25, -0.2) is 0 Å². The molecule has 142 valence electrons. The Morgan fingerprint density at radius 1 is 1.15 bits per heavy atom. The predicted octanol–water partition coefficient (Wildman–Crippen LogP) is 3.97. The van der Waals surface area contributed by atoms with Crippen molar-refractivity contribution in [2.75, 3.05) is 7.11 Å². The molecule has 1 aromatic rings. The third kappa shape index (κ3) is 2.89. The van der Waals surface area contributed by atoms with E-state index in [1.165, 1.54) is 25.7 Å². The van der Waals surface area contributed by atoms with Gasteiger partial charge in [-0.3, -0.25) is 0 Å². The minimum atomic E-state index is -0.848. The molecule has 1 aliphatic heterocycles. The number of benzene rings is 1. The average Bonchev–Trinajstić information content (AvgIpc) is 2.66. The van der Waals surface area contributed by atoms with E-state index in [4.69, 9.17) is 17.0 Å². The van der Waals surface area contributed by atoms with Crippen LogP contribution >= 0.6 is 12.2 Å². The number of nitrogens with zero attached hydrogens (tertiary/aromatic N) is 1. The van der Waals surface area contributed by atoms with Crippen LogP contribution in [0.25, 0.3) is 0 Å². The largest absolute Gasteiger partial charge is 0.496 e. The zero-order valence-electron chi connectivity index (χ0n) is 15.7. The van der Waals surface area contributed by atoms with Crippen LogP contribution in [0.3, 0.4) is 0 Å². The summed E-state index contributed by atoms with van der Waals surface area (Å²) < 4.78 is 5.53. The number of hydrogen-bond donors (Lipinski definition) is 2. The van der Waals surface area contributed by atoms with Gasteiger partial charge in [0.1, 0.15) is 11.5 Å². The van der Waals surface area contributed by atoms with E-state index in [0.717, 1.165) is 43.4 Å². The molecular formula is C21H30N2O2S. The Morgan fingerprint density at radius 2 is 1.88 bits per heavy atom. The van der Waals surface area contributed by atoms with Gasteiger partial charge in [-0.1, -0.05) is 43.9 Å². The van der Waals surface area contributed by atoms with E-state index in [1.54, 1.807) is 7.11 Å². The summed E-state index contributed by atoms with van der Waals surface area (Å²) in [5.74, 6) is 1.09. The number of methoxy groups -OCH3 is 1. The predicted molar refractivity (Wildman–Crippen MR) is 107 cm³/mol. The lowest BCUT2D eigenvalue weighted by Gasteiger charge is -2.61. The van der Waals surface area contributed by atoms with Crippen molar-refractivity contribution in [3.8, 4) is 5.75 Å². The Balaban J connectivity index is 1.68. The molecule has 0 aromatic heterocycles. The molecule has 2 atom stereocenters. The molecule has 3 aliphatic rings. The molecule has 2 unspecified atom stereocenters. The van der Waals surface area contributed by atoms with Crippen molar-refractivity contribution >= 4 is 17.3 Å². The van der Waals surface area contributed by atoms with Gasteiger partial charge >= 0.3 is 0 Å². The lowest BCUT2D eigenvalue weighted by Crippen LogP contribution is -2.75. The van der Waals surface area contributed by atoms with Crippen molar-refractivity contribution in [2.45, 2.75) is 75.6 Å². The van der Waals surface area contributed by atoms with Crippen LogP contribution < -0.4 is 10.1 Å². The van der Waals surface area contributed by atoms with Crippen molar-refractivity contribution in [3.63, 3.8) is 0 Å². The van der Waals surface area contributed by atoms with Crippen LogP contribution in [0.1, 0.15) is 63.4 Å². The summed E-state index contributed by atoms with van der Waals surface area (Å²) in [6.07, 6.45) is 10.2. The molecule has 4 rings (SSSR count). The van der Waals surface area contributed by atoms with Crippen molar-refractivity contribution in [3.05, 3.63) is 29.8 Å². The summed E-state index contributed by atoms with van der Waals surface area (Å²) in [6.45, 7) is 0.582. The maximum atomic E-state index is 11.9. The maximum absolute atomic E-state index is 11.9. The van der Waals surface area contributed by atoms with Crippen LogP contribution in [0.15, 0.2) is 24.3 Å². The molecule has 26 heavy (non-hydrogen) atoms. The number of ether oxygens (including phenoxy) is 1. The third-order valence-electron chi connectivity index (χ3n) is 6.85. The normalized spacial score (nSPS) is 30.6. The van der Waals surface area contributed by atoms with Crippen LogP contribution in [-0.2, 0) is 6.54 Å².